The van der Waals surface area contributed by atoms with E-state index in [1.165, 1.54) is 0 Å². The van der Waals surface area contributed by atoms with Gasteiger partial charge in [-0.15, -0.1) is 11.3 Å². The summed E-state index contributed by atoms with van der Waals surface area (Å²) in [7, 11) is 0. The van der Waals surface area contributed by atoms with Crippen LogP contribution >= 0.6 is 23.1 Å². The van der Waals surface area contributed by atoms with E-state index in [-0.39, 0.29) is 11.2 Å². The number of nitrogens with one attached hydrogen (secondary N) is 1. The van der Waals surface area contributed by atoms with Crippen molar-refractivity contribution in [2.45, 2.75) is 35.9 Å². The van der Waals surface area contributed by atoms with Gasteiger partial charge in [-0.05, 0) is 35.6 Å². The molecule has 0 atom stereocenters. The van der Waals surface area contributed by atoms with Gasteiger partial charge in [-0.3, -0.25) is 9.89 Å². The number of hydrogen-bond donors (Lipinski definition) is 1. The zero-order valence-electron chi connectivity index (χ0n) is 13.5. The Balaban J connectivity index is 1.85. The highest BCUT2D eigenvalue weighted by Crippen LogP contribution is 2.49. The van der Waals surface area contributed by atoms with Gasteiger partial charge in [-0.2, -0.15) is 5.10 Å². The van der Waals surface area contributed by atoms with Gasteiger partial charge in [0.15, 0.2) is 5.78 Å². The molecule has 122 valence electrons. The standard InChI is InChI=1S/C18H17N3OS2/c1-18(2)9-11-15(13(22)10-18)17(23-14-5-3-4-7-19-14)24-16(11)12-6-8-20-21-12/h3-8H,9-10H2,1-2H3,(H,20,21). The van der Waals surface area contributed by atoms with Crippen molar-refractivity contribution in [3.63, 3.8) is 0 Å². The highest BCUT2D eigenvalue weighted by Gasteiger charge is 2.36. The minimum Gasteiger partial charge on any atom is -0.294 e. The van der Waals surface area contributed by atoms with Gasteiger partial charge < -0.3 is 0 Å². The average Bonchev–Trinajstić information content (AvgIpc) is 3.15. The normalized spacial score (nSPS) is 16.2. The van der Waals surface area contributed by atoms with Gasteiger partial charge in [0.1, 0.15) is 5.03 Å². The highest BCUT2D eigenvalue weighted by atomic mass is 32.2. The molecule has 3 heterocycles. The molecule has 0 saturated carbocycles. The zero-order chi connectivity index (χ0) is 16.7. The first-order valence-electron chi connectivity index (χ1n) is 7.81. The third-order valence-corrected chi connectivity index (χ3v) is 6.53. The fraction of sp³-hybridized carbons (Fsp3) is 0.278. The molecule has 1 aliphatic rings. The summed E-state index contributed by atoms with van der Waals surface area (Å²) in [5, 5.41) is 8.03. The Morgan fingerprint density at radius 2 is 2.08 bits per heavy atom. The lowest BCUT2D eigenvalue weighted by Gasteiger charge is -2.29. The summed E-state index contributed by atoms with van der Waals surface area (Å²) in [6.45, 7) is 4.32. The van der Waals surface area contributed by atoms with Crippen LogP contribution in [0.3, 0.4) is 0 Å². The van der Waals surface area contributed by atoms with Gasteiger partial charge in [-0.1, -0.05) is 31.7 Å². The topological polar surface area (TPSA) is 58.6 Å². The van der Waals surface area contributed by atoms with Crippen LogP contribution in [-0.4, -0.2) is 21.0 Å². The number of aromatic amines is 1. The van der Waals surface area contributed by atoms with Crippen molar-refractivity contribution < 1.29 is 4.79 Å². The van der Waals surface area contributed by atoms with E-state index in [2.05, 4.69) is 29.0 Å². The van der Waals surface area contributed by atoms with E-state index in [1.54, 1.807) is 35.5 Å². The highest BCUT2D eigenvalue weighted by molar-refractivity contribution is 8.01. The van der Waals surface area contributed by atoms with Crippen molar-refractivity contribution in [3.8, 4) is 10.6 Å². The summed E-state index contributed by atoms with van der Waals surface area (Å²) < 4.78 is 1.04. The minimum absolute atomic E-state index is 0.00708. The minimum atomic E-state index is -0.00708. The second-order valence-electron chi connectivity index (χ2n) is 6.75. The first-order chi connectivity index (χ1) is 11.5. The van der Waals surface area contributed by atoms with E-state index in [9.17, 15) is 4.79 Å². The van der Waals surface area contributed by atoms with Crippen LogP contribution in [0.15, 0.2) is 45.9 Å². The molecule has 1 N–H and O–H groups in total. The van der Waals surface area contributed by atoms with Gasteiger partial charge in [0.2, 0.25) is 0 Å². The zero-order valence-corrected chi connectivity index (χ0v) is 15.1. The summed E-state index contributed by atoms with van der Waals surface area (Å²) in [4.78, 5) is 18.4. The number of carbonyl (C=O) groups is 1. The van der Waals surface area contributed by atoms with E-state index >= 15 is 0 Å². The molecular formula is C18H17N3OS2. The molecule has 0 bridgehead atoms. The monoisotopic (exact) mass is 355 g/mol. The SMILES string of the molecule is CC1(C)CC(=O)c2c(Sc3ccccn3)sc(-c3ccn[nH]3)c2C1. The molecule has 6 heteroatoms. The first kappa shape index (κ1) is 15.6. The van der Waals surface area contributed by atoms with Crippen molar-refractivity contribution in [2.75, 3.05) is 0 Å². The quantitative estimate of drug-likeness (QED) is 0.730. The van der Waals surface area contributed by atoms with Gasteiger partial charge in [0.05, 0.1) is 14.8 Å². The maximum atomic E-state index is 12.8. The Kier molecular flexibility index (Phi) is 3.81. The predicted octanol–water partition coefficient (Wildman–Crippen LogP) is 4.84. The van der Waals surface area contributed by atoms with Crippen LogP contribution in [0.4, 0.5) is 0 Å². The van der Waals surface area contributed by atoms with Gasteiger partial charge in [0.25, 0.3) is 0 Å². The van der Waals surface area contributed by atoms with Gasteiger partial charge in [-0.25, -0.2) is 4.98 Å². The molecule has 0 amide bonds. The van der Waals surface area contributed by atoms with Crippen LogP contribution in [0, 0.1) is 5.41 Å². The molecule has 0 spiro atoms. The number of aromatic nitrogens is 3. The number of thiophene rings is 1. The Hall–Kier alpha value is -1.92. The van der Waals surface area contributed by atoms with Crippen LogP contribution in [0.5, 0.6) is 0 Å². The van der Waals surface area contributed by atoms with E-state index in [4.69, 9.17) is 0 Å². The number of H-pyrrole nitrogens is 1. The second kappa shape index (κ2) is 5.86. The van der Waals surface area contributed by atoms with Crippen LogP contribution < -0.4 is 0 Å². The van der Waals surface area contributed by atoms with E-state index in [1.807, 2.05) is 24.3 Å². The lowest BCUT2D eigenvalue weighted by Crippen LogP contribution is -2.26. The Morgan fingerprint density at radius 1 is 1.21 bits per heavy atom. The average molecular weight is 355 g/mol. The van der Waals surface area contributed by atoms with E-state index < -0.39 is 0 Å². The summed E-state index contributed by atoms with van der Waals surface area (Å²) in [6.07, 6.45) is 5.03. The summed E-state index contributed by atoms with van der Waals surface area (Å²) >= 11 is 3.24. The molecule has 4 nitrogen and oxygen atoms in total. The summed E-state index contributed by atoms with van der Waals surface area (Å²) in [5.41, 5.74) is 3.02. The molecule has 0 fully saturated rings. The Labute approximate surface area is 148 Å². The third-order valence-electron chi connectivity index (χ3n) is 4.13. The molecule has 0 aromatic carbocycles. The maximum Gasteiger partial charge on any atom is 0.165 e. The number of Topliss-reactive ketones (excluding diaryl/α,β-unsaturated/α-hetero) is 1. The smallest absolute Gasteiger partial charge is 0.165 e. The molecule has 24 heavy (non-hydrogen) atoms. The number of ketones is 1. The first-order valence-corrected chi connectivity index (χ1v) is 9.44. The second-order valence-corrected chi connectivity index (χ2v) is 9.06. The van der Waals surface area contributed by atoms with Crippen molar-refractivity contribution >= 4 is 28.9 Å². The number of carbonyl (C=O) groups excluding carboxylic acids is 1. The molecule has 0 unspecified atom stereocenters. The van der Waals surface area contributed by atoms with Gasteiger partial charge >= 0.3 is 0 Å². The number of fused-ring (bicyclic) bond motifs is 1. The fourth-order valence-electron chi connectivity index (χ4n) is 3.13. The van der Waals surface area contributed by atoms with Crippen molar-refractivity contribution in [3.05, 3.63) is 47.8 Å². The molecule has 4 rings (SSSR count). The van der Waals surface area contributed by atoms with E-state index in [0.29, 0.717) is 6.42 Å². The van der Waals surface area contributed by atoms with Crippen molar-refractivity contribution in [1.29, 1.82) is 0 Å². The third kappa shape index (κ3) is 2.80. The van der Waals surface area contributed by atoms with Crippen LogP contribution in [0.1, 0.15) is 36.2 Å². The van der Waals surface area contributed by atoms with Crippen LogP contribution in [0.2, 0.25) is 0 Å². The largest absolute Gasteiger partial charge is 0.294 e. The number of pyridine rings is 1. The molecule has 3 aromatic heterocycles. The number of rotatable bonds is 3. The van der Waals surface area contributed by atoms with Crippen molar-refractivity contribution in [1.82, 2.24) is 15.2 Å². The fourth-order valence-corrected chi connectivity index (χ4v) is 5.64. The number of hydrogen-bond acceptors (Lipinski definition) is 5. The van der Waals surface area contributed by atoms with Crippen LogP contribution in [0.25, 0.3) is 10.6 Å². The lowest BCUT2D eigenvalue weighted by atomic mass is 9.74. The predicted molar refractivity (Wildman–Crippen MR) is 96.7 cm³/mol. The van der Waals surface area contributed by atoms with Crippen molar-refractivity contribution in [2.24, 2.45) is 5.41 Å². The molecular weight excluding hydrogens is 338 g/mol. The van der Waals surface area contributed by atoms with Gasteiger partial charge in [0, 0.05) is 24.4 Å². The molecule has 0 radical (unpaired) electrons. The maximum absolute atomic E-state index is 12.8. The number of nitrogens with zero attached hydrogens (tertiary/aromatic N) is 2. The van der Waals surface area contributed by atoms with E-state index in [0.717, 1.165) is 37.4 Å². The molecule has 0 aliphatic heterocycles. The Morgan fingerprint density at radius 3 is 2.79 bits per heavy atom. The molecule has 0 saturated heterocycles. The lowest BCUT2D eigenvalue weighted by molar-refractivity contribution is 0.0910. The molecule has 3 aromatic rings. The summed E-state index contributed by atoms with van der Waals surface area (Å²) in [5.74, 6) is 0.238. The Bertz CT molecular complexity index is 883. The molecule has 1 aliphatic carbocycles. The van der Waals surface area contributed by atoms with Crippen LogP contribution in [-0.2, 0) is 6.42 Å². The summed E-state index contributed by atoms with van der Waals surface area (Å²) in [6, 6.07) is 7.81.